The molecule has 1 saturated carbocycles. The number of sulfonamides is 1. The smallest absolute Gasteiger partial charge is 0.243 e. The number of carbonyl (C=O) groups excluding carboxylic acids is 2. The highest BCUT2D eigenvalue weighted by atomic mass is 35.5. The van der Waals surface area contributed by atoms with E-state index >= 15 is 0 Å². The molecule has 0 spiro atoms. The molecule has 32 heavy (non-hydrogen) atoms. The van der Waals surface area contributed by atoms with Crippen molar-refractivity contribution in [3.8, 4) is 0 Å². The molecule has 2 aromatic carbocycles. The highest BCUT2D eigenvalue weighted by Crippen LogP contribution is 2.41. The van der Waals surface area contributed by atoms with Gasteiger partial charge >= 0.3 is 0 Å². The number of nitrogens with zero attached hydrogens (tertiary/aromatic N) is 1. The third-order valence-electron chi connectivity index (χ3n) is 6.32. The molecule has 0 radical (unpaired) electrons. The molecule has 1 heterocycles. The van der Waals surface area contributed by atoms with Gasteiger partial charge in [-0.15, -0.1) is 0 Å². The maximum Gasteiger partial charge on any atom is 0.243 e. The number of Topliss-reactive ketones (excluding diaryl/α,β-unsaturated/α-hetero) is 1. The van der Waals surface area contributed by atoms with Gasteiger partial charge in [-0.1, -0.05) is 35.9 Å². The van der Waals surface area contributed by atoms with E-state index in [4.69, 9.17) is 11.6 Å². The molecule has 1 N–H and O–H groups in total. The lowest BCUT2D eigenvalue weighted by atomic mass is 9.95. The van der Waals surface area contributed by atoms with E-state index in [2.05, 4.69) is 5.32 Å². The molecular formula is C24H27ClN2O4S. The van der Waals surface area contributed by atoms with Crippen molar-refractivity contribution in [2.75, 3.05) is 13.1 Å². The van der Waals surface area contributed by atoms with E-state index in [1.807, 2.05) is 24.3 Å². The average molecular weight is 475 g/mol. The summed E-state index contributed by atoms with van der Waals surface area (Å²) >= 11 is 6.00. The molecule has 8 heteroatoms. The number of ketones is 1. The van der Waals surface area contributed by atoms with Gasteiger partial charge in [0.2, 0.25) is 15.9 Å². The fraction of sp³-hybridized carbons (Fsp3) is 0.417. The quantitative estimate of drug-likeness (QED) is 0.609. The third kappa shape index (κ3) is 5.05. The van der Waals surface area contributed by atoms with E-state index < -0.39 is 10.0 Å². The molecule has 1 saturated heterocycles. The molecule has 170 valence electrons. The van der Waals surface area contributed by atoms with E-state index in [0.29, 0.717) is 29.3 Å². The van der Waals surface area contributed by atoms with Crippen LogP contribution in [0.5, 0.6) is 0 Å². The second kappa shape index (κ2) is 9.33. The Hall–Kier alpha value is -2.22. The van der Waals surface area contributed by atoms with Gasteiger partial charge in [-0.3, -0.25) is 9.59 Å². The molecule has 6 nitrogen and oxygen atoms in total. The summed E-state index contributed by atoms with van der Waals surface area (Å²) in [5, 5.41) is 3.87. The highest BCUT2D eigenvalue weighted by Gasteiger charge is 2.37. The van der Waals surface area contributed by atoms with Crippen LogP contribution in [0.1, 0.15) is 54.6 Å². The molecule has 0 aromatic heterocycles. The van der Waals surface area contributed by atoms with Crippen molar-refractivity contribution in [3.05, 3.63) is 64.7 Å². The second-order valence-corrected chi connectivity index (χ2v) is 11.0. The number of benzene rings is 2. The maximum atomic E-state index is 13.0. The lowest BCUT2D eigenvalue weighted by Gasteiger charge is -2.31. The lowest BCUT2D eigenvalue weighted by molar-refractivity contribution is -0.127. The summed E-state index contributed by atoms with van der Waals surface area (Å²) in [6, 6.07) is 13.7. The summed E-state index contributed by atoms with van der Waals surface area (Å²) in [5.41, 5.74) is 1.42. The Morgan fingerprint density at radius 2 is 1.69 bits per heavy atom. The molecule has 1 amide bonds. The van der Waals surface area contributed by atoms with Crippen LogP contribution < -0.4 is 5.32 Å². The van der Waals surface area contributed by atoms with Crippen LogP contribution in [0.25, 0.3) is 0 Å². The van der Waals surface area contributed by atoms with Crippen molar-refractivity contribution >= 4 is 33.3 Å². The minimum Gasteiger partial charge on any atom is -0.349 e. The number of hydrogen-bond acceptors (Lipinski definition) is 4. The van der Waals surface area contributed by atoms with Gasteiger partial charge in [0.1, 0.15) is 0 Å². The van der Waals surface area contributed by atoms with Crippen molar-refractivity contribution in [1.29, 1.82) is 0 Å². The fourth-order valence-electron chi connectivity index (χ4n) is 4.23. The van der Waals surface area contributed by atoms with Crippen molar-refractivity contribution in [2.24, 2.45) is 11.8 Å². The summed E-state index contributed by atoms with van der Waals surface area (Å²) in [5.74, 6) is 0.0171. The van der Waals surface area contributed by atoms with Crippen molar-refractivity contribution in [2.45, 2.75) is 43.5 Å². The predicted molar refractivity (Wildman–Crippen MR) is 123 cm³/mol. The van der Waals surface area contributed by atoms with Gasteiger partial charge in [0.05, 0.1) is 10.9 Å². The van der Waals surface area contributed by atoms with Crippen LogP contribution in [0.3, 0.4) is 0 Å². The molecule has 0 unspecified atom stereocenters. The minimum absolute atomic E-state index is 0.0209. The van der Waals surface area contributed by atoms with Crippen LogP contribution >= 0.6 is 11.6 Å². The van der Waals surface area contributed by atoms with Crippen LogP contribution in [0, 0.1) is 11.8 Å². The van der Waals surface area contributed by atoms with Crippen LogP contribution in [0.2, 0.25) is 5.02 Å². The summed E-state index contributed by atoms with van der Waals surface area (Å²) in [4.78, 5) is 24.7. The predicted octanol–water partition coefficient (Wildman–Crippen LogP) is 4.21. The number of piperidine rings is 1. The molecule has 2 fully saturated rings. The third-order valence-corrected chi connectivity index (χ3v) is 8.47. The number of nitrogens with one attached hydrogen (secondary N) is 1. The van der Waals surface area contributed by atoms with E-state index in [1.165, 1.54) is 23.4 Å². The Morgan fingerprint density at radius 1 is 1.03 bits per heavy atom. The standard InChI is InChI=1S/C24H27ClN2O4S/c1-16(28)20-3-2-4-22(15-20)32(30,31)27-13-11-19(12-14-27)24(29)26-23(17-5-6-17)18-7-9-21(25)10-8-18/h2-4,7-10,15,17,19,23H,5-6,11-14H2,1H3,(H,26,29)/t23-/m0/s1. The van der Waals surface area contributed by atoms with Gasteiger partial charge in [-0.05, 0) is 68.4 Å². The minimum atomic E-state index is -3.70. The summed E-state index contributed by atoms with van der Waals surface area (Å²) in [6.07, 6.45) is 3.11. The monoisotopic (exact) mass is 474 g/mol. The number of hydrogen-bond donors (Lipinski definition) is 1. The first-order valence-electron chi connectivity index (χ1n) is 10.9. The normalized spacial score (nSPS) is 18.8. The Morgan fingerprint density at radius 3 is 2.28 bits per heavy atom. The van der Waals surface area contributed by atoms with Crippen LogP contribution in [-0.2, 0) is 14.8 Å². The van der Waals surface area contributed by atoms with E-state index in [1.54, 1.807) is 12.1 Å². The zero-order chi connectivity index (χ0) is 22.9. The first-order chi connectivity index (χ1) is 15.3. The summed E-state index contributed by atoms with van der Waals surface area (Å²) in [6.45, 7) is 1.97. The largest absolute Gasteiger partial charge is 0.349 e. The van der Waals surface area contributed by atoms with Gasteiger partial charge in [0.25, 0.3) is 0 Å². The van der Waals surface area contributed by atoms with Crippen LogP contribution in [0.4, 0.5) is 0 Å². The molecule has 2 aliphatic rings. The van der Waals surface area contributed by atoms with Gasteiger partial charge in [-0.2, -0.15) is 4.31 Å². The first kappa shape index (κ1) is 23.0. The van der Waals surface area contributed by atoms with Gasteiger partial charge < -0.3 is 5.32 Å². The van der Waals surface area contributed by atoms with Crippen LogP contribution in [0.15, 0.2) is 53.4 Å². The Labute approximate surface area is 194 Å². The van der Waals surface area contributed by atoms with Crippen molar-refractivity contribution in [3.63, 3.8) is 0 Å². The molecular weight excluding hydrogens is 448 g/mol. The molecule has 1 aliphatic heterocycles. The Kier molecular flexibility index (Phi) is 6.70. The molecule has 0 bridgehead atoms. The molecule has 1 aliphatic carbocycles. The SMILES string of the molecule is CC(=O)c1cccc(S(=O)(=O)N2CCC(C(=O)N[C@H](c3ccc(Cl)cc3)C3CC3)CC2)c1. The molecule has 2 aromatic rings. The zero-order valence-corrected chi connectivity index (χ0v) is 19.5. The zero-order valence-electron chi connectivity index (χ0n) is 18.0. The molecule has 1 atom stereocenters. The van der Waals surface area contributed by atoms with E-state index in [0.717, 1.165) is 18.4 Å². The number of amides is 1. The van der Waals surface area contributed by atoms with E-state index in [9.17, 15) is 18.0 Å². The van der Waals surface area contributed by atoms with Gasteiger partial charge in [0.15, 0.2) is 5.78 Å². The summed E-state index contributed by atoms with van der Waals surface area (Å²) < 4.78 is 27.5. The number of halogens is 1. The lowest BCUT2D eigenvalue weighted by Crippen LogP contribution is -2.44. The van der Waals surface area contributed by atoms with Crippen LogP contribution in [-0.4, -0.2) is 37.5 Å². The average Bonchev–Trinajstić information content (AvgIpc) is 3.63. The number of rotatable bonds is 7. The van der Waals surface area contributed by atoms with Crippen molar-refractivity contribution < 1.29 is 18.0 Å². The Bertz CT molecular complexity index is 1110. The van der Waals surface area contributed by atoms with E-state index in [-0.39, 0.29) is 41.6 Å². The number of carbonyl (C=O) groups is 2. The first-order valence-corrected chi connectivity index (χ1v) is 12.7. The van der Waals surface area contributed by atoms with Gasteiger partial charge in [-0.25, -0.2) is 8.42 Å². The maximum absolute atomic E-state index is 13.0. The topological polar surface area (TPSA) is 83.6 Å². The van der Waals surface area contributed by atoms with Crippen molar-refractivity contribution in [1.82, 2.24) is 9.62 Å². The summed E-state index contributed by atoms with van der Waals surface area (Å²) in [7, 11) is -3.70. The highest BCUT2D eigenvalue weighted by molar-refractivity contribution is 7.89. The second-order valence-electron chi connectivity index (χ2n) is 8.64. The Balaban J connectivity index is 1.39. The fourth-order valence-corrected chi connectivity index (χ4v) is 5.87. The van der Waals surface area contributed by atoms with Gasteiger partial charge in [0, 0.05) is 29.6 Å². The molecule has 4 rings (SSSR count).